The lowest BCUT2D eigenvalue weighted by Crippen LogP contribution is -2.11. The molecule has 0 saturated carbocycles. The first-order chi connectivity index (χ1) is 34.3. The third kappa shape index (κ3) is 4.44. The van der Waals surface area contributed by atoms with Crippen LogP contribution < -0.4 is 4.90 Å². The van der Waals surface area contributed by atoms with Gasteiger partial charge in [0.15, 0.2) is 0 Å². The number of fused-ring (bicyclic) bond motifs is 8. The van der Waals surface area contributed by atoms with E-state index in [4.69, 9.17) is 29.4 Å². The van der Waals surface area contributed by atoms with E-state index in [1.165, 1.54) is 24.3 Å². The Morgan fingerprint density at radius 1 is 0.449 bits per heavy atom. The number of hydrogen-bond donors (Lipinski definition) is 0. The molecule has 0 amide bonds. The van der Waals surface area contributed by atoms with Gasteiger partial charge in [0.2, 0.25) is 0 Å². The second-order valence-electron chi connectivity index (χ2n) is 10.6. The van der Waals surface area contributed by atoms with Crippen LogP contribution >= 0.6 is 0 Å². The van der Waals surface area contributed by atoms with E-state index >= 15 is 0 Å². The number of anilines is 3. The standard InChI is InChI=1S/C46H29NO2/c1-2-11-31(12-3-1)35-14-6-8-17-40(35)47(41-18-10-20-43-45(41)39-28-23-32-13-4-5-15-36(32)46(39)49-43)34-25-21-30(22-26-34)33-24-27-38-37-16-7-9-19-42(37)48-44(38)29-33/h1-29H/i4D,5D,6D,7D,8D,9D,10D,13D,14D,15D,16D,17D,18D,19D,20D,21D,22D,23D,24D,25D,26D,27D,28D,29D. The molecule has 10 rings (SSSR count). The molecule has 10 aromatic rings. The Morgan fingerprint density at radius 2 is 1.14 bits per heavy atom. The van der Waals surface area contributed by atoms with Crippen LogP contribution in [0.25, 0.3) is 76.9 Å². The van der Waals surface area contributed by atoms with Crippen LogP contribution in [0.3, 0.4) is 0 Å². The first-order valence-corrected chi connectivity index (χ1v) is 14.6. The van der Waals surface area contributed by atoms with Gasteiger partial charge in [-0.2, -0.15) is 0 Å². The Balaban J connectivity index is 1.42. The molecule has 0 unspecified atom stereocenters. The zero-order valence-corrected chi connectivity index (χ0v) is 24.7. The maximum Gasteiger partial charge on any atom is 0.143 e. The maximum absolute atomic E-state index is 9.75. The minimum Gasteiger partial charge on any atom is -0.456 e. The molecule has 0 aliphatic rings. The number of nitrogens with zero attached hydrogens (tertiary/aromatic N) is 1. The van der Waals surface area contributed by atoms with E-state index in [1.54, 1.807) is 6.07 Å². The number of benzene rings is 8. The highest BCUT2D eigenvalue weighted by atomic mass is 16.3. The average molecular weight is 652 g/mol. The molecule has 0 radical (unpaired) electrons. The Morgan fingerprint density at radius 3 is 2.04 bits per heavy atom. The van der Waals surface area contributed by atoms with E-state index < -0.39 is 217 Å². The van der Waals surface area contributed by atoms with Crippen molar-refractivity contribution in [2.24, 2.45) is 0 Å². The zero-order valence-electron chi connectivity index (χ0n) is 48.7. The van der Waals surface area contributed by atoms with E-state index in [-0.39, 0.29) is 21.9 Å². The van der Waals surface area contributed by atoms with Gasteiger partial charge in [0.25, 0.3) is 0 Å². The van der Waals surface area contributed by atoms with Gasteiger partial charge in [0, 0.05) is 32.8 Å². The molecule has 2 heterocycles. The summed E-state index contributed by atoms with van der Waals surface area (Å²) in [5, 5.41) is -2.67. The molecule has 49 heavy (non-hydrogen) atoms. The summed E-state index contributed by atoms with van der Waals surface area (Å²) in [6, 6.07) is -12.7. The fourth-order valence-corrected chi connectivity index (χ4v) is 5.71. The Bertz CT molecular complexity index is 4180. The molecule has 230 valence electrons. The first kappa shape index (κ1) is 12.8. The van der Waals surface area contributed by atoms with Crippen molar-refractivity contribution < 1.29 is 41.7 Å². The number of hydrogen-bond acceptors (Lipinski definition) is 3. The highest BCUT2D eigenvalue weighted by molar-refractivity contribution is 6.20. The zero-order chi connectivity index (χ0) is 53.2. The average Bonchev–Trinajstić information content (AvgIpc) is 3.98. The maximum atomic E-state index is 9.75. The second kappa shape index (κ2) is 11.0. The third-order valence-corrected chi connectivity index (χ3v) is 7.88. The molecule has 8 aromatic carbocycles. The van der Waals surface area contributed by atoms with Crippen molar-refractivity contribution in [2.45, 2.75) is 0 Å². The van der Waals surface area contributed by atoms with Crippen molar-refractivity contribution in [2.75, 3.05) is 4.90 Å². The van der Waals surface area contributed by atoms with Crippen LogP contribution in [0.4, 0.5) is 17.1 Å². The summed E-state index contributed by atoms with van der Waals surface area (Å²) >= 11 is 0. The highest BCUT2D eigenvalue weighted by Crippen LogP contribution is 2.47. The van der Waals surface area contributed by atoms with Crippen LogP contribution in [0, 0.1) is 0 Å². The van der Waals surface area contributed by atoms with Gasteiger partial charge in [0.05, 0.1) is 49.7 Å². The first-order valence-electron chi connectivity index (χ1n) is 26.6. The van der Waals surface area contributed by atoms with Gasteiger partial charge in [0.1, 0.15) is 22.3 Å². The van der Waals surface area contributed by atoms with Gasteiger partial charge in [-0.05, 0) is 76.5 Å². The lowest BCUT2D eigenvalue weighted by molar-refractivity contribution is 0.669. The summed E-state index contributed by atoms with van der Waals surface area (Å²) in [5.74, 6) is 0. The molecule has 0 aliphatic heterocycles. The van der Waals surface area contributed by atoms with Crippen molar-refractivity contribution in [3.05, 3.63) is 175 Å². The van der Waals surface area contributed by atoms with Crippen LogP contribution in [0.2, 0.25) is 0 Å². The predicted molar refractivity (Wildman–Crippen MR) is 204 cm³/mol. The summed E-state index contributed by atoms with van der Waals surface area (Å²) < 4.78 is 228. The van der Waals surface area contributed by atoms with Gasteiger partial charge < -0.3 is 13.7 Å². The second-order valence-corrected chi connectivity index (χ2v) is 10.6. The van der Waals surface area contributed by atoms with E-state index in [1.807, 2.05) is 0 Å². The van der Waals surface area contributed by atoms with Crippen molar-refractivity contribution >= 4 is 71.7 Å². The molecule has 2 aromatic heterocycles. The third-order valence-electron chi connectivity index (χ3n) is 7.88. The number of furan rings is 2. The summed E-state index contributed by atoms with van der Waals surface area (Å²) in [4.78, 5) is 0.708. The lowest BCUT2D eigenvalue weighted by atomic mass is 9.99. The largest absolute Gasteiger partial charge is 0.456 e. The Kier molecular flexibility index (Phi) is 2.87. The Labute approximate surface area is 316 Å². The van der Waals surface area contributed by atoms with Crippen molar-refractivity contribution in [3.63, 3.8) is 0 Å². The van der Waals surface area contributed by atoms with Crippen molar-refractivity contribution in [1.82, 2.24) is 0 Å². The Hall–Kier alpha value is -6.58. The molecular formula is C46H29NO2. The van der Waals surface area contributed by atoms with Crippen LogP contribution in [0.15, 0.2) is 184 Å². The van der Waals surface area contributed by atoms with Crippen LogP contribution in [-0.4, -0.2) is 0 Å². The molecule has 0 N–H and O–H groups in total. The quantitative estimate of drug-likeness (QED) is 0.185. The van der Waals surface area contributed by atoms with Crippen LogP contribution in [0.1, 0.15) is 32.9 Å². The predicted octanol–water partition coefficient (Wildman–Crippen LogP) is 13.4. The molecule has 0 fully saturated rings. The van der Waals surface area contributed by atoms with E-state index in [0.29, 0.717) is 4.90 Å². The van der Waals surface area contributed by atoms with Gasteiger partial charge in [-0.15, -0.1) is 0 Å². The monoisotopic (exact) mass is 651 g/mol. The normalized spacial score (nSPS) is 18.5. The molecule has 3 heteroatoms. The van der Waals surface area contributed by atoms with Crippen molar-refractivity contribution in [1.29, 1.82) is 0 Å². The lowest BCUT2D eigenvalue weighted by Gasteiger charge is -2.28. The van der Waals surface area contributed by atoms with E-state index in [0.717, 1.165) is 0 Å². The summed E-state index contributed by atoms with van der Waals surface area (Å²) in [6.07, 6.45) is 0. The smallest absolute Gasteiger partial charge is 0.143 e. The fraction of sp³-hybridized carbons (Fsp3) is 0. The molecular weight excluding hydrogens is 599 g/mol. The molecule has 0 atom stereocenters. The van der Waals surface area contributed by atoms with Gasteiger partial charge in [-0.25, -0.2) is 0 Å². The van der Waals surface area contributed by atoms with Gasteiger partial charge in [-0.3, -0.25) is 0 Å². The summed E-state index contributed by atoms with van der Waals surface area (Å²) in [7, 11) is 0. The molecule has 0 aliphatic carbocycles. The summed E-state index contributed by atoms with van der Waals surface area (Å²) in [6.45, 7) is 0. The minimum absolute atomic E-state index is 0.0718. The highest BCUT2D eigenvalue weighted by Gasteiger charge is 2.22. The van der Waals surface area contributed by atoms with Gasteiger partial charge >= 0.3 is 0 Å². The van der Waals surface area contributed by atoms with E-state index in [2.05, 4.69) is 0 Å². The molecule has 0 spiro atoms. The van der Waals surface area contributed by atoms with E-state index in [9.17, 15) is 12.3 Å². The fourth-order valence-electron chi connectivity index (χ4n) is 5.71. The molecule has 0 saturated heterocycles. The molecule has 3 nitrogen and oxygen atoms in total. The van der Waals surface area contributed by atoms with Crippen LogP contribution in [-0.2, 0) is 0 Å². The topological polar surface area (TPSA) is 29.5 Å². The SMILES string of the molecule is [2H]c1c([2H])c([2H])c(N(c2c([2H])c([2H])c(-c3c([2H])c([2H])c4c(oc5c([2H])c([2H])c([2H])c([2H])c54)c3[2H])c([2H])c2[2H])c2c([2H])c([2H])c([2H])c3oc4c5c([2H])c([2H])c([2H])c([2H])c5c([2H])c([2H])c4c23)c(-c2ccccc2)c1[2H]. The number of para-hydroxylation sites is 2. The minimum atomic E-state index is -1.09. The van der Waals surface area contributed by atoms with Crippen LogP contribution in [0.5, 0.6) is 0 Å². The van der Waals surface area contributed by atoms with Gasteiger partial charge in [-0.1, -0.05) is 121 Å². The number of rotatable bonds is 5. The summed E-state index contributed by atoms with van der Waals surface area (Å²) in [5.41, 5.74) is -6.37. The molecule has 0 bridgehead atoms. The van der Waals surface area contributed by atoms with Crippen molar-refractivity contribution in [3.8, 4) is 22.3 Å².